The normalized spacial score (nSPS) is 13.5. The van der Waals surface area contributed by atoms with Gasteiger partial charge < -0.3 is 24.0 Å². The molecule has 158 valence electrons. The second kappa shape index (κ2) is 10.3. The molecule has 0 unspecified atom stereocenters. The van der Waals surface area contributed by atoms with Gasteiger partial charge in [-0.1, -0.05) is 18.2 Å². The summed E-state index contributed by atoms with van der Waals surface area (Å²) in [4.78, 5) is 39.7. The SMILES string of the molecule is CCOC(=O)Oc1ccc(C(=O)N2CCN(C(=O)COc3ccccc3)CC2)cc1. The molecule has 0 radical (unpaired) electrons. The number of carbonyl (C=O) groups excluding carboxylic acids is 3. The second-order valence-corrected chi connectivity index (χ2v) is 6.58. The first-order valence-corrected chi connectivity index (χ1v) is 9.76. The predicted molar refractivity (Wildman–Crippen MR) is 109 cm³/mol. The monoisotopic (exact) mass is 412 g/mol. The van der Waals surface area contributed by atoms with Gasteiger partial charge in [0.05, 0.1) is 6.61 Å². The zero-order valence-corrected chi connectivity index (χ0v) is 16.8. The first kappa shape index (κ1) is 21.2. The number of para-hydroxylation sites is 1. The number of piperazine rings is 1. The van der Waals surface area contributed by atoms with E-state index in [1.807, 2.05) is 18.2 Å². The Kier molecular flexibility index (Phi) is 7.26. The molecule has 1 heterocycles. The topological polar surface area (TPSA) is 85.4 Å². The van der Waals surface area contributed by atoms with Gasteiger partial charge in [-0.15, -0.1) is 0 Å². The van der Waals surface area contributed by atoms with Gasteiger partial charge in [-0.25, -0.2) is 4.79 Å². The fourth-order valence-corrected chi connectivity index (χ4v) is 3.00. The molecule has 0 aromatic heterocycles. The Bertz CT molecular complexity index is 861. The van der Waals surface area contributed by atoms with E-state index in [-0.39, 0.29) is 25.0 Å². The van der Waals surface area contributed by atoms with E-state index in [4.69, 9.17) is 14.2 Å². The van der Waals surface area contributed by atoms with Crippen LogP contribution in [0.5, 0.6) is 11.5 Å². The van der Waals surface area contributed by atoms with E-state index in [2.05, 4.69) is 0 Å². The first-order valence-electron chi connectivity index (χ1n) is 9.76. The van der Waals surface area contributed by atoms with E-state index in [0.29, 0.717) is 43.2 Å². The molecule has 0 saturated carbocycles. The number of hydrogen-bond acceptors (Lipinski definition) is 6. The minimum Gasteiger partial charge on any atom is -0.484 e. The first-order chi connectivity index (χ1) is 14.6. The third-order valence-electron chi connectivity index (χ3n) is 4.59. The van der Waals surface area contributed by atoms with Crippen LogP contribution in [0.4, 0.5) is 4.79 Å². The molecule has 2 amide bonds. The molecule has 3 rings (SSSR count). The fourth-order valence-electron chi connectivity index (χ4n) is 3.00. The Morgan fingerprint density at radius 3 is 2.10 bits per heavy atom. The van der Waals surface area contributed by atoms with E-state index in [9.17, 15) is 14.4 Å². The maximum Gasteiger partial charge on any atom is 0.513 e. The van der Waals surface area contributed by atoms with Gasteiger partial charge in [0.15, 0.2) is 6.61 Å². The van der Waals surface area contributed by atoms with E-state index >= 15 is 0 Å². The fraction of sp³-hybridized carbons (Fsp3) is 0.318. The van der Waals surface area contributed by atoms with Crippen molar-refractivity contribution >= 4 is 18.0 Å². The predicted octanol–water partition coefficient (Wildman–Crippen LogP) is 2.59. The lowest BCUT2D eigenvalue weighted by Gasteiger charge is -2.34. The standard InChI is InChI=1S/C22H24N2O6/c1-2-28-22(27)30-19-10-8-17(9-11-19)21(26)24-14-12-23(13-15-24)20(25)16-29-18-6-4-3-5-7-18/h3-11H,2,12-16H2,1H3. The Labute approximate surface area is 174 Å². The summed E-state index contributed by atoms with van der Waals surface area (Å²) in [5.41, 5.74) is 0.485. The summed E-state index contributed by atoms with van der Waals surface area (Å²) in [6.45, 7) is 3.67. The largest absolute Gasteiger partial charge is 0.513 e. The lowest BCUT2D eigenvalue weighted by atomic mass is 10.1. The van der Waals surface area contributed by atoms with Crippen LogP contribution in [0.2, 0.25) is 0 Å². The number of amides is 2. The summed E-state index contributed by atoms with van der Waals surface area (Å²) < 4.78 is 15.2. The van der Waals surface area contributed by atoms with Gasteiger partial charge in [0.25, 0.3) is 11.8 Å². The van der Waals surface area contributed by atoms with Gasteiger partial charge in [-0.2, -0.15) is 0 Å². The van der Waals surface area contributed by atoms with Crippen LogP contribution in [-0.4, -0.2) is 67.2 Å². The Balaban J connectivity index is 1.46. The summed E-state index contributed by atoms with van der Waals surface area (Å²) in [6.07, 6.45) is -0.784. The van der Waals surface area contributed by atoms with Crippen LogP contribution in [0, 0.1) is 0 Å². The minimum atomic E-state index is -0.784. The number of ether oxygens (including phenoxy) is 3. The van der Waals surface area contributed by atoms with Gasteiger partial charge in [0.2, 0.25) is 0 Å². The lowest BCUT2D eigenvalue weighted by molar-refractivity contribution is -0.134. The van der Waals surface area contributed by atoms with Crippen molar-refractivity contribution in [2.45, 2.75) is 6.92 Å². The maximum atomic E-state index is 12.7. The van der Waals surface area contributed by atoms with Crippen molar-refractivity contribution in [1.82, 2.24) is 9.80 Å². The van der Waals surface area contributed by atoms with Gasteiger partial charge >= 0.3 is 6.16 Å². The molecule has 0 aliphatic carbocycles. The molecule has 8 nitrogen and oxygen atoms in total. The highest BCUT2D eigenvalue weighted by Gasteiger charge is 2.25. The average Bonchev–Trinajstić information content (AvgIpc) is 2.78. The number of carbonyl (C=O) groups is 3. The Morgan fingerprint density at radius 2 is 1.47 bits per heavy atom. The van der Waals surface area contributed by atoms with E-state index in [1.165, 1.54) is 0 Å². The third kappa shape index (κ3) is 5.73. The minimum absolute atomic E-state index is 0.0279. The Morgan fingerprint density at radius 1 is 0.833 bits per heavy atom. The molecule has 0 N–H and O–H groups in total. The molecule has 2 aromatic rings. The quantitative estimate of drug-likeness (QED) is 0.536. The van der Waals surface area contributed by atoms with Crippen LogP contribution in [0.3, 0.4) is 0 Å². The number of benzene rings is 2. The van der Waals surface area contributed by atoms with Crippen LogP contribution in [0.15, 0.2) is 54.6 Å². The zero-order chi connectivity index (χ0) is 21.3. The zero-order valence-electron chi connectivity index (χ0n) is 16.8. The number of rotatable bonds is 6. The van der Waals surface area contributed by atoms with E-state index in [1.54, 1.807) is 53.1 Å². The van der Waals surface area contributed by atoms with Crippen LogP contribution in [0.25, 0.3) is 0 Å². The second-order valence-electron chi connectivity index (χ2n) is 6.58. The molecule has 30 heavy (non-hydrogen) atoms. The van der Waals surface area contributed by atoms with E-state index in [0.717, 1.165) is 0 Å². The van der Waals surface area contributed by atoms with Gasteiger partial charge in [-0.05, 0) is 43.3 Å². The molecule has 0 atom stereocenters. The van der Waals surface area contributed by atoms with Crippen LogP contribution < -0.4 is 9.47 Å². The number of nitrogens with zero attached hydrogens (tertiary/aromatic N) is 2. The van der Waals surface area contributed by atoms with Crippen LogP contribution in [0.1, 0.15) is 17.3 Å². The van der Waals surface area contributed by atoms with Crippen molar-refractivity contribution in [2.75, 3.05) is 39.4 Å². The highest BCUT2D eigenvalue weighted by atomic mass is 16.7. The molecule has 0 spiro atoms. The lowest BCUT2D eigenvalue weighted by Crippen LogP contribution is -2.51. The van der Waals surface area contributed by atoms with Crippen molar-refractivity contribution < 1.29 is 28.6 Å². The van der Waals surface area contributed by atoms with Crippen molar-refractivity contribution in [2.24, 2.45) is 0 Å². The molecular formula is C22H24N2O6. The van der Waals surface area contributed by atoms with Crippen LogP contribution >= 0.6 is 0 Å². The Hall–Kier alpha value is -3.55. The van der Waals surface area contributed by atoms with Crippen molar-refractivity contribution in [3.63, 3.8) is 0 Å². The summed E-state index contributed by atoms with van der Waals surface area (Å²) in [7, 11) is 0. The van der Waals surface area contributed by atoms with Crippen molar-refractivity contribution in [3.8, 4) is 11.5 Å². The molecule has 0 bridgehead atoms. The number of hydrogen-bond donors (Lipinski definition) is 0. The summed E-state index contributed by atoms with van der Waals surface area (Å²) in [5, 5.41) is 0. The molecule has 8 heteroatoms. The van der Waals surface area contributed by atoms with Crippen LogP contribution in [-0.2, 0) is 9.53 Å². The summed E-state index contributed by atoms with van der Waals surface area (Å²) >= 11 is 0. The van der Waals surface area contributed by atoms with Gasteiger partial charge in [-0.3, -0.25) is 9.59 Å². The van der Waals surface area contributed by atoms with Gasteiger partial charge in [0, 0.05) is 31.7 Å². The molecule has 1 fully saturated rings. The molecule has 1 saturated heterocycles. The van der Waals surface area contributed by atoms with E-state index < -0.39 is 6.16 Å². The maximum absolute atomic E-state index is 12.7. The van der Waals surface area contributed by atoms with Gasteiger partial charge in [0.1, 0.15) is 11.5 Å². The highest BCUT2D eigenvalue weighted by Crippen LogP contribution is 2.16. The smallest absolute Gasteiger partial charge is 0.484 e. The third-order valence-corrected chi connectivity index (χ3v) is 4.59. The van der Waals surface area contributed by atoms with Crippen molar-refractivity contribution in [3.05, 3.63) is 60.2 Å². The highest BCUT2D eigenvalue weighted by molar-refractivity contribution is 5.94. The van der Waals surface area contributed by atoms with Crippen molar-refractivity contribution in [1.29, 1.82) is 0 Å². The molecular weight excluding hydrogens is 388 g/mol. The summed E-state index contributed by atoms with van der Waals surface area (Å²) in [5.74, 6) is 0.714. The molecule has 1 aliphatic rings. The average molecular weight is 412 g/mol. The molecule has 1 aliphatic heterocycles. The molecule has 2 aromatic carbocycles. The summed E-state index contributed by atoms with van der Waals surface area (Å²) in [6, 6.07) is 15.5.